The minimum atomic E-state index is -0.557. The van der Waals surface area contributed by atoms with Gasteiger partial charge in [-0.2, -0.15) is 0 Å². The van der Waals surface area contributed by atoms with Crippen molar-refractivity contribution in [3.8, 4) is 0 Å². The Balaban J connectivity index is 1.80. The predicted molar refractivity (Wildman–Crippen MR) is 105 cm³/mol. The molecule has 0 fully saturated rings. The minimum absolute atomic E-state index is 0.0114. The van der Waals surface area contributed by atoms with Gasteiger partial charge in [-0.1, -0.05) is 23.7 Å². The maximum Gasteiger partial charge on any atom is 0.261 e. The van der Waals surface area contributed by atoms with Gasteiger partial charge in [-0.25, -0.2) is 4.39 Å². The average molecular weight is 388 g/mol. The van der Waals surface area contributed by atoms with E-state index in [1.165, 1.54) is 24.3 Å². The van der Waals surface area contributed by atoms with Crippen LogP contribution in [0.1, 0.15) is 22.0 Å². The van der Waals surface area contributed by atoms with Gasteiger partial charge in [-0.3, -0.25) is 9.59 Å². The number of nitrogens with zero attached hydrogens (tertiary/aromatic N) is 1. The fourth-order valence-electron chi connectivity index (χ4n) is 2.91. The van der Waals surface area contributed by atoms with Crippen LogP contribution in [-0.2, 0) is 0 Å². The summed E-state index contributed by atoms with van der Waals surface area (Å²) in [6, 6.07) is 12.8. The van der Waals surface area contributed by atoms with Crippen molar-refractivity contribution < 1.29 is 9.18 Å². The first kappa shape index (κ1) is 19.1. The Morgan fingerprint density at radius 3 is 2.56 bits per heavy atom. The summed E-state index contributed by atoms with van der Waals surface area (Å²) in [5.41, 5.74) is 0.776. The molecular weight excluding hydrogens is 369 g/mol. The number of halogens is 2. The van der Waals surface area contributed by atoms with E-state index in [-0.39, 0.29) is 11.6 Å². The van der Waals surface area contributed by atoms with Crippen molar-refractivity contribution in [2.75, 3.05) is 20.6 Å². The highest BCUT2D eigenvalue weighted by Gasteiger charge is 2.18. The third-order valence-electron chi connectivity index (χ3n) is 4.39. The normalized spacial score (nSPS) is 12.3. The Labute approximate surface area is 160 Å². The van der Waals surface area contributed by atoms with Crippen LogP contribution in [0, 0.1) is 5.82 Å². The van der Waals surface area contributed by atoms with Crippen LogP contribution in [0.4, 0.5) is 4.39 Å². The van der Waals surface area contributed by atoms with Gasteiger partial charge in [0.2, 0.25) is 0 Å². The Hall–Kier alpha value is -2.70. The van der Waals surface area contributed by atoms with Gasteiger partial charge in [0.1, 0.15) is 11.4 Å². The number of aromatic amines is 1. The van der Waals surface area contributed by atoms with Gasteiger partial charge in [0.05, 0.1) is 11.6 Å². The number of amides is 1. The van der Waals surface area contributed by atoms with Gasteiger partial charge in [-0.05, 0) is 61.4 Å². The molecule has 1 amide bonds. The summed E-state index contributed by atoms with van der Waals surface area (Å²) in [6.45, 7) is 0.314. The minimum Gasteiger partial charge on any atom is -0.350 e. The van der Waals surface area contributed by atoms with E-state index >= 15 is 0 Å². The van der Waals surface area contributed by atoms with Crippen molar-refractivity contribution in [2.24, 2.45) is 0 Å². The molecule has 2 N–H and O–H groups in total. The highest BCUT2D eigenvalue weighted by molar-refractivity contribution is 6.30. The number of H-pyrrole nitrogens is 1. The second kappa shape index (κ2) is 7.90. The molecule has 7 heteroatoms. The predicted octanol–water partition coefficient (Wildman–Crippen LogP) is 3.35. The zero-order valence-corrected chi connectivity index (χ0v) is 15.7. The van der Waals surface area contributed by atoms with Crippen molar-refractivity contribution in [1.82, 2.24) is 15.2 Å². The molecule has 0 aliphatic rings. The zero-order chi connectivity index (χ0) is 19.6. The lowest BCUT2D eigenvalue weighted by molar-refractivity contribution is 0.0940. The van der Waals surface area contributed by atoms with E-state index in [0.717, 1.165) is 5.56 Å². The van der Waals surface area contributed by atoms with E-state index in [4.69, 9.17) is 11.6 Å². The molecular formula is C20H19ClFN3O2. The van der Waals surface area contributed by atoms with Crippen LogP contribution in [-0.4, -0.2) is 36.4 Å². The third kappa shape index (κ3) is 4.35. The van der Waals surface area contributed by atoms with Gasteiger partial charge in [0, 0.05) is 11.6 Å². The van der Waals surface area contributed by atoms with Crippen LogP contribution in [0.25, 0.3) is 10.9 Å². The summed E-state index contributed by atoms with van der Waals surface area (Å²) in [5, 5.41) is 4.03. The number of carbonyl (C=O) groups excluding carboxylic acids is 1. The van der Waals surface area contributed by atoms with Crippen LogP contribution in [0.5, 0.6) is 0 Å². The lowest BCUT2D eigenvalue weighted by atomic mass is 10.1. The van der Waals surface area contributed by atoms with Crippen molar-refractivity contribution in [3.63, 3.8) is 0 Å². The van der Waals surface area contributed by atoms with Gasteiger partial charge < -0.3 is 15.2 Å². The number of nitrogens with one attached hydrogen (secondary N) is 2. The number of hydrogen-bond acceptors (Lipinski definition) is 3. The number of aromatic nitrogens is 1. The van der Waals surface area contributed by atoms with E-state index in [2.05, 4.69) is 10.3 Å². The molecule has 0 aliphatic heterocycles. The highest BCUT2D eigenvalue weighted by Crippen LogP contribution is 2.20. The first-order valence-electron chi connectivity index (χ1n) is 8.38. The van der Waals surface area contributed by atoms with Crippen LogP contribution >= 0.6 is 11.6 Å². The molecule has 2 aromatic carbocycles. The third-order valence-corrected chi connectivity index (χ3v) is 4.64. The summed E-state index contributed by atoms with van der Waals surface area (Å²) in [7, 11) is 3.81. The molecule has 3 aromatic rings. The summed E-state index contributed by atoms with van der Waals surface area (Å²) < 4.78 is 13.3. The quantitative estimate of drug-likeness (QED) is 0.705. The molecule has 0 bridgehead atoms. The summed E-state index contributed by atoms with van der Waals surface area (Å²) in [6.07, 6.45) is 0. The smallest absolute Gasteiger partial charge is 0.261 e. The number of benzene rings is 2. The first-order valence-corrected chi connectivity index (χ1v) is 8.75. The number of carbonyl (C=O) groups is 1. The SMILES string of the molecule is CN(C)C(CNC(=O)c1cc2ccc(F)cc2[nH]c1=O)c1ccc(Cl)cc1. The fourth-order valence-corrected chi connectivity index (χ4v) is 3.04. The van der Waals surface area contributed by atoms with Crippen molar-refractivity contribution in [3.05, 3.63) is 80.9 Å². The topological polar surface area (TPSA) is 65.2 Å². The van der Waals surface area contributed by atoms with E-state index in [9.17, 15) is 14.0 Å². The second-order valence-electron chi connectivity index (χ2n) is 6.48. The average Bonchev–Trinajstić information content (AvgIpc) is 2.62. The van der Waals surface area contributed by atoms with E-state index in [1.807, 2.05) is 31.1 Å². The van der Waals surface area contributed by atoms with Gasteiger partial charge in [0.25, 0.3) is 11.5 Å². The largest absolute Gasteiger partial charge is 0.350 e. The van der Waals surface area contributed by atoms with Crippen molar-refractivity contribution in [2.45, 2.75) is 6.04 Å². The Kier molecular flexibility index (Phi) is 5.58. The van der Waals surface area contributed by atoms with Crippen LogP contribution in [0.3, 0.4) is 0 Å². The van der Waals surface area contributed by atoms with E-state index in [0.29, 0.717) is 22.5 Å². The Bertz CT molecular complexity index is 1030. The number of hydrogen-bond donors (Lipinski definition) is 2. The number of pyridine rings is 1. The summed E-state index contributed by atoms with van der Waals surface area (Å²) >= 11 is 5.93. The molecule has 140 valence electrons. The molecule has 5 nitrogen and oxygen atoms in total. The summed E-state index contributed by atoms with van der Waals surface area (Å²) in [5.74, 6) is -0.935. The molecule has 0 spiro atoms. The first-order chi connectivity index (χ1) is 12.8. The van der Waals surface area contributed by atoms with Crippen molar-refractivity contribution in [1.29, 1.82) is 0 Å². The molecule has 1 unspecified atom stereocenters. The van der Waals surface area contributed by atoms with Crippen LogP contribution in [0.2, 0.25) is 5.02 Å². The Morgan fingerprint density at radius 2 is 1.89 bits per heavy atom. The molecule has 0 saturated carbocycles. The highest BCUT2D eigenvalue weighted by atomic mass is 35.5. The fraction of sp³-hybridized carbons (Fsp3) is 0.200. The van der Waals surface area contributed by atoms with Crippen molar-refractivity contribution >= 4 is 28.4 Å². The van der Waals surface area contributed by atoms with Gasteiger partial charge in [-0.15, -0.1) is 0 Å². The van der Waals surface area contributed by atoms with Gasteiger partial charge in [0.15, 0.2) is 0 Å². The maximum absolute atomic E-state index is 13.3. The van der Waals surface area contributed by atoms with E-state index < -0.39 is 17.3 Å². The molecule has 1 aromatic heterocycles. The molecule has 1 atom stereocenters. The number of rotatable bonds is 5. The molecule has 0 aliphatic carbocycles. The molecule has 27 heavy (non-hydrogen) atoms. The van der Waals surface area contributed by atoms with Crippen LogP contribution < -0.4 is 10.9 Å². The summed E-state index contributed by atoms with van der Waals surface area (Å²) in [4.78, 5) is 29.3. The lowest BCUT2D eigenvalue weighted by Crippen LogP contribution is -2.36. The lowest BCUT2D eigenvalue weighted by Gasteiger charge is -2.25. The Morgan fingerprint density at radius 1 is 1.19 bits per heavy atom. The number of fused-ring (bicyclic) bond motifs is 1. The maximum atomic E-state index is 13.3. The van der Waals surface area contributed by atoms with Gasteiger partial charge >= 0.3 is 0 Å². The molecule has 0 saturated heterocycles. The second-order valence-corrected chi connectivity index (χ2v) is 6.92. The molecule has 1 heterocycles. The van der Waals surface area contributed by atoms with E-state index in [1.54, 1.807) is 12.1 Å². The standard InChI is InChI=1S/C20H19ClFN3O2/c1-25(2)18(12-3-6-14(21)7-4-12)11-23-19(26)16-9-13-5-8-15(22)10-17(13)24-20(16)27/h3-10,18H,11H2,1-2H3,(H,23,26)(H,24,27). The van der Waals surface area contributed by atoms with Crippen LogP contribution in [0.15, 0.2) is 53.3 Å². The zero-order valence-electron chi connectivity index (χ0n) is 14.9. The monoisotopic (exact) mass is 387 g/mol. The molecule has 3 rings (SSSR count). The number of likely N-dealkylation sites (N-methyl/N-ethyl adjacent to an activating group) is 1. The molecule has 0 radical (unpaired) electrons.